The molecule has 2 N–H and O–H groups in total. The van der Waals surface area contributed by atoms with Crippen LogP contribution in [0.1, 0.15) is 24.1 Å². The number of aliphatic hydroxyl groups is 1. The summed E-state index contributed by atoms with van der Waals surface area (Å²) in [5, 5.41) is 13.4. The topological polar surface area (TPSA) is 94.1 Å². The summed E-state index contributed by atoms with van der Waals surface area (Å²) in [6.45, 7) is 2.38. The van der Waals surface area contributed by atoms with Crippen LogP contribution in [0.3, 0.4) is 0 Å². The summed E-state index contributed by atoms with van der Waals surface area (Å²) in [7, 11) is 3.00. The number of nitrogens with one attached hydrogen (secondary N) is 1. The number of hydrogen-bond donors (Lipinski definition) is 2. The molecule has 3 rings (SSSR count). The van der Waals surface area contributed by atoms with E-state index in [2.05, 4.69) is 5.32 Å². The van der Waals surface area contributed by atoms with Crippen molar-refractivity contribution in [2.45, 2.75) is 13.0 Å². The average molecular weight is 383 g/mol. The standard InChI is InChI=1S/C21H21NO6/c1-4-28-13-7-5-12(6-8-13)19(23)17-18(22-21(25)20(17)24)15-11-14(26-2)9-10-16(15)27-3/h5-11,18,23H,4H2,1-3H3,(H,22,25)/t18-/m0/s1. The van der Waals surface area contributed by atoms with Crippen molar-refractivity contribution in [3.63, 3.8) is 0 Å². The van der Waals surface area contributed by atoms with Gasteiger partial charge in [0.1, 0.15) is 23.0 Å². The third kappa shape index (κ3) is 3.51. The molecule has 0 saturated carbocycles. The Bertz CT molecular complexity index is 932. The summed E-state index contributed by atoms with van der Waals surface area (Å²) in [6, 6.07) is 10.8. The minimum absolute atomic E-state index is 0.0410. The molecule has 2 aromatic carbocycles. The van der Waals surface area contributed by atoms with Gasteiger partial charge in [0.2, 0.25) is 0 Å². The van der Waals surface area contributed by atoms with Crippen molar-refractivity contribution < 1.29 is 28.9 Å². The SMILES string of the molecule is CCOc1ccc(C(O)=C2C(=O)C(=O)N[C@H]2c2cc(OC)ccc2OC)cc1. The molecule has 2 aromatic rings. The highest BCUT2D eigenvalue weighted by Gasteiger charge is 2.41. The van der Waals surface area contributed by atoms with Crippen molar-refractivity contribution in [2.75, 3.05) is 20.8 Å². The predicted molar refractivity (Wildman–Crippen MR) is 103 cm³/mol. The van der Waals surface area contributed by atoms with E-state index in [0.717, 1.165) is 0 Å². The highest BCUT2D eigenvalue weighted by atomic mass is 16.5. The second-order valence-electron chi connectivity index (χ2n) is 6.06. The summed E-state index contributed by atoms with van der Waals surface area (Å²) in [4.78, 5) is 24.6. The molecular weight excluding hydrogens is 362 g/mol. The lowest BCUT2D eigenvalue weighted by atomic mass is 9.95. The smallest absolute Gasteiger partial charge is 0.293 e. The van der Waals surface area contributed by atoms with Crippen LogP contribution in [0.15, 0.2) is 48.0 Å². The first-order chi connectivity index (χ1) is 13.5. The summed E-state index contributed by atoms with van der Waals surface area (Å²) >= 11 is 0. The Balaban J connectivity index is 2.10. The number of aliphatic hydroxyl groups excluding tert-OH is 1. The molecule has 1 fully saturated rings. The number of Topliss-reactive ketones (excluding diaryl/α,β-unsaturated/α-hetero) is 1. The second-order valence-corrected chi connectivity index (χ2v) is 6.06. The molecule has 0 aromatic heterocycles. The van der Waals surface area contributed by atoms with Gasteiger partial charge in [0, 0.05) is 11.1 Å². The van der Waals surface area contributed by atoms with Crippen LogP contribution in [0.5, 0.6) is 17.2 Å². The number of hydrogen-bond acceptors (Lipinski definition) is 6. The lowest BCUT2D eigenvalue weighted by molar-refractivity contribution is -0.133. The molecule has 7 nitrogen and oxygen atoms in total. The molecule has 28 heavy (non-hydrogen) atoms. The van der Waals surface area contributed by atoms with Gasteiger partial charge in [-0.2, -0.15) is 0 Å². The maximum atomic E-state index is 12.5. The number of ketones is 1. The van der Waals surface area contributed by atoms with Crippen LogP contribution in [0.25, 0.3) is 5.76 Å². The predicted octanol–water partition coefficient (Wildman–Crippen LogP) is 2.81. The van der Waals surface area contributed by atoms with E-state index in [9.17, 15) is 14.7 Å². The minimum Gasteiger partial charge on any atom is -0.507 e. The van der Waals surface area contributed by atoms with Crippen molar-refractivity contribution in [3.8, 4) is 17.2 Å². The Morgan fingerprint density at radius 3 is 2.32 bits per heavy atom. The van der Waals surface area contributed by atoms with Crippen molar-refractivity contribution in [3.05, 3.63) is 59.2 Å². The van der Waals surface area contributed by atoms with E-state index >= 15 is 0 Å². The van der Waals surface area contributed by atoms with Gasteiger partial charge in [0.15, 0.2) is 0 Å². The molecule has 1 aliphatic heterocycles. The van der Waals surface area contributed by atoms with Gasteiger partial charge in [0.25, 0.3) is 11.7 Å². The molecule has 1 atom stereocenters. The second kappa shape index (κ2) is 8.04. The number of ether oxygens (including phenoxy) is 3. The number of amides is 1. The first kappa shape index (κ1) is 19.3. The summed E-state index contributed by atoms with van der Waals surface area (Å²) < 4.78 is 16.0. The first-order valence-electron chi connectivity index (χ1n) is 8.73. The zero-order valence-electron chi connectivity index (χ0n) is 15.8. The molecule has 146 valence electrons. The number of methoxy groups -OCH3 is 2. The maximum absolute atomic E-state index is 12.5. The summed E-state index contributed by atoms with van der Waals surface area (Å²) in [6.07, 6.45) is 0. The Morgan fingerprint density at radius 1 is 1.04 bits per heavy atom. The number of carbonyl (C=O) groups is 2. The van der Waals surface area contributed by atoms with E-state index in [1.165, 1.54) is 14.2 Å². The van der Waals surface area contributed by atoms with Crippen molar-refractivity contribution in [1.82, 2.24) is 5.32 Å². The lowest BCUT2D eigenvalue weighted by Gasteiger charge is -2.18. The molecule has 1 aliphatic rings. The Hall–Kier alpha value is -3.48. The van der Waals surface area contributed by atoms with E-state index < -0.39 is 17.7 Å². The van der Waals surface area contributed by atoms with Gasteiger partial charge in [-0.3, -0.25) is 9.59 Å². The third-order valence-corrected chi connectivity index (χ3v) is 4.46. The molecule has 7 heteroatoms. The van der Waals surface area contributed by atoms with Crippen LogP contribution in [-0.2, 0) is 9.59 Å². The molecule has 0 bridgehead atoms. The van der Waals surface area contributed by atoms with Crippen LogP contribution in [0, 0.1) is 0 Å². The molecule has 1 amide bonds. The Kier molecular flexibility index (Phi) is 5.54. The van der Waals surface area contributed by atoms with E-state index in [4.69, 9.17) is 14.2 Å². The fraction of sp³-hybridized carbons (Fsp3) is 0.238. The Labute approximate surface area is 162 Å². The first-order valence-corrected chi connectivity index (χ1v) is 8.73. The quantitative estimate of drug-likeness (QED) is 0.453. The number of benzene rings is 2. The van der Waals surface area contributed by atoms with Crippen LogP contribution in [0.4, 0.5) is 0 Å². The summed E-state index contributed by atoms with van der Waals surface area (Å²) in [5.74, 6) is -0.228. The maximum Gasteiger partial charge on any atom is 0.293 e. The van der Waals surface area contributed by atoms with E-state index in [1.807, 2.05) is 6.92 Å². The third-order valence-electron chi connectivity index (χ3n) is 4.46. The van der Waals surface area contributed by atoms with Gasteiger partial charge >= 0.3 is 0 Å². The van der Waals surface area contributed by atoms with Gasteiger partial charge in [0.05, 0.1) is 32.4 Å². The molecular formula is C21H21NO6. The minimum atomic E-state index is -0.864. The lowest BCUT2D eigenvalue weighted by Crippen LogP contribution is -2.21. The molecule has 0 aliphatic carbocycles. The van der Waals surface area contributed by atoms with Crippen LogP contribution in [0.2, 0.25) is 0 Å². The molecule has 0 unspecified atom stereocenters. The van der Waals surface area contributed by atoms with E-state index in [1.54, 1.807) is 42.5 Å². The van der Waals surface area contributed by atoms with Crippen LogP contribution >= 0.6 is 0 Å². The number of carbonyl (C=O) groups excluding carboxylic acids is 2. The van der Waals surface area contributed by atoms with Crippen LogP contribution in [-0.4, -0.2) is 37.6 Å². The highest BCUT2D eigenvalue weighted by Crippen LogP contribution is 2.38. The highest BCUT2D eigenvalue weighted by molar-refractivity contribution is 6.46. The van der Waals surface area contributed by atoms with Crippen LogP contribution < -0.4 is 19.5 Å². The Morgan fingerprint density at radius 2 is 1.71 bits per heavy atom. The largest absolute Gasteiger partial charge is 0.507 e. The van der Waals surface area contributed by atoms with Gasteiger partial charge in [-0.05, 0) is 49.4 Å². The van der Waals surface area contributed by atoms with Gasteiger partial charge in [-0.15, -0.1) is 0 Å². The van der Waals surface area contributed by atoms with E-state index in [-0.39, 0.29) is 11.3 Å². The van der Waals surface area contributed by atoms with Crippen molar-refractivity contribution in [1.29, 1.82) is 0 Å². The van der Waals surface area contributed by atoms with Gasteiger partial charge in [-0.25, -0.2) is 0 Å². The van der Waals surface area contributed by atoms with Crippen molar-refractivity contribution >= 4 is 17.4 Å². The molecule has 0 spiro atoms. The normalized spacial score (nSPS) is 17.9. The fourth-order valence-corrected chi connectivity index (χ4v) is 3.10. The molecule has 1 saturated heterocycles. The fourth-order valence-electron chi connectivity index (χ4n) is 3.10. The summed E-state index contributed by atoms with van der Waals surface area (Å²) in [5.41, 5.74) is 0.865. The molecule has 1 heterocycles. The molecule has 0 radical (unpaired) electrons. The number of rotatable bonds is 6. The average Bonchev–Trinajstić information content (AvgIpc) is 3.02. The zero-order chi connectivity index (χ0) is 20.3. The monoisotopic (exact) mass is 383 g/mol. The van der Waals surface area contributed by atoms with E-state index in [0.29, 0.717) is 35.0 Å². The van der Waals surface area contributed by atoms with Crippen molar-refractivity contribution in [2.24, 2.45) is 0 Å². The zero-order valence-corrected chi connectivity index (χ0v) is 15.8. The van der Waals surface area contributed by atoms with Gasteiger partial charge < -0.3 is 24.6 Å². The van der Waals surface area contributed by atoms with Gasteiger partial charge in [-0.1, -0.05) is 0 Å².